The third kappa shape index (κ3) is 8.33. The SMILES string of the molecule is CN(C)C/C=C/C(=O)N1CCCCC1.COc1cc(-c2c[nH]c(=O)c(NCC3CC3)c2)ccn1. The first-order valence-electron chi connectivity index (χ1n) is 12.0. The third-order valence-corrected chi connectivity index (χ3v) is 5.86. The molecule has 0 aromatic carbocycles. The van der Waals surface area contributed by atoms with Gasteiger partial charge in [0, 0.05) is 56.3 Å². The lowest BCUT2D eigenvalue weighted by molar-refractivity contribution is -0.126. The highest BCUT2D eigenvalue weighted by atomic mass is 16.5. The van der Waals surface area contributed by atoms with Gasteiger partial charge < -0.3 is 24.8 Å². The van der Waals surface area contributed by atoms with Crippen molar-refractivity contribution in [3.63, 3.8) is 0 Å². The number of ether oxygens (including phenoxy) is 1. The van der Waals surface area contributed by atoms with E-state index in [0.717, 1.165) is 56.1 Å². The van der Waals surface area contributed by atoms with Gasteiger partial charge in [-0.15, -0.1) is 0 Å². The second-order valence-corrected chi connectivity index (χ2v) is 9.09. The molecule has 0 unspecified atom stereocenters. The number of anilines is 1. The molecular formula is C26H37N5O3. The molecular weight excluding hydrogens is 430 g/mol. The zero-order valence-corrected chi connectivity index (χ0v) is 20.5. The number of pyridine rings is 2. The van der Waals surface area contributed by atoms with Gasteiger partial charge in [-0.1, -0.05) is 6.08 Å². The van der Waals surface area contributed by atoms with Gasteiger partial charge in [0.2, 0.25) is 11.8 Å². The Hall–Kier alpha value is -3.13. The highest BCUT2D eigenvalue weighted by molar-refractivity contribution is 5.87. The lowest BCUT2D eigenvalue weighted by Crippen LogP contribution is -2.34. The standard InChI is InChI=1S/C15H17N3O2.C11H20N2O/c1-20-14-7-11(4-5-16-14)12-6-13(15(19)18-9-12)17-8-10-2-3-10;1-12(2)8-6-7-11(14)13-9-4-3-5-10-13/h4-7,9-10,17H,2-3,8H2,1H3,(H,18,19);6-7H,3-5,8-10H2,1-2H3/b;7-6+. The van der Waals surface area contributed by atoms with Crippen molar-refractivity contribution < 1.29 is 9.53 Å². The second kappa shape index (κ2) is 12.9. The van der Waals surface area contributed by atoms with E-state index in [4.69, 9.17) is 4.74 Å². The number of nitrogens with zero attached hydrogens (tertiary/aromatic N) is 3. The number of methoxy groups -OCH3 is 1. The summed E-state index contributed by atoms with van der Waals surface area (Å²) < 4.78 is 5.12. The molecule has 8 nitrogen and oxygen atoms in total. The molecule has 0 atom stereocenters. The summed E-state index contributed by atoms with van der Waals surface area (Å²) in [5.41, 5.74) is 2.42. The molecule has 1 aliphatic carbocycles. The normalized spacial score (nSPS) is 15.7. The number of hydrogen-bond acceptors (Lipinski definition) is 6. The Morgan fingerprint density at radius 3 is 2.68 bits per heavy atom. The van der Waals surface area contributed by atoms with Crippen molar-refractivity contribution in [2.45, 2.75) is 32.1 Å². The van der Waals surface area contributed by atoms with E-state index in [1.807, 2.05) is 48.2 Å². The first-order valence-corrected chi connectivity index (χ1v) is 12.0. The largest absolute Gasteiger partial charge is 0.481 e. The molecule has 2 fully saturated rings. The number of carbonyl (C=O) groups is 1. The molecule has 2 aliphatic rings. The third-order valence-electron chi connectivity index (χ3n) is 5.86. The van der Waals surface area contributed by atoms with Crippen molar-refractivity contribution >= 4 is 11.6 Å². The number of carbonyl (C=O) groups excluding carboxylic acids is 1. The van der Waals surface area contributed by atoms with Crippen molar-refractivity contribution in [2.24, 2.45) is 5.92 Å². The fourth-order valence-corrected chi connectivity index (χ4v) is 3.64. The number of aromatic amines is 1. The van der Waals surface area contributed by atoms with E-state index < -0.39 is 0 Å². The average Bonchev–Trinajstić information content (AvgIpc) is 3.69. The van der Waals surface area contributed by atoms with E-state index in [0.29, 0.717) is 11.6 Å². The fraction of sp³-hybridized carbons (Fsp3) is 0.500. The van der Waals surface area contributed by atoms with Gasteiger partial charge in [-0.3, -0.25) is 9.59 Å². The summed E-state index contributed by atoms with van der Waals surface area (Å²) in [5.74, 6) is 1.45. The minimum atomic E-state index is -0.0876. The highest BCUT2D eigenvalue weighted by Gasteiger charge is 2.21. The topological polar surface area (TPSA) is 90.6 Å². The van der Waals surface area contributed by atoms with Crippen LogP contribution in [0, 0.1) is 5.92 Å². The molecule has 1 saturated carbocycles. The number of hydrogen-bond donors (Lipinski definition) is 2. The summed E-state index contributed by atoms with van der Waals surface area (Å²) in [6, 6.07) is 5.61. The minimum absolute atomic E-state index is 0.0876. The zero-order chi connectivity index (χ0) is 24.3. The molecule has 34 heavy (non-hydrogen) atoms. The predicted molar refractivity (Wildman–Crippen MR) is 136 cm³/mol. The first-order chi connectivity index (χ1) is 16.5. The Morgan fingerprint density at radius 1 is 1.24 bits per heavy atom. The maximum atomic E-state index is 11.8. The summed E-state index contributed by atoms with van der Waals surface area (Å²) in [5, 5.41) is 3.22. The summed E-state index contributed by atoms with van der Waals surface area (Å²) in [6.07, 6.45) is 13.1. The maximum absolute atomic E-state index is 11.8. The molecule has 184 valence electrons. The van der Waals surface area contributed by atoms with Gasteiger partial charge >= 0.3 is 0 Å². The molecule has 0 radical (unpaired) electrons. The van der Waals surface area contributed by atoms with Crippen molar-refractivity contribution in [1.29, 1.82) is 0 Å². The van der Waals surface area contributed by atoms with Crippen molar-refractivity contribution in [3.05, 3.63) is 53.1 Å². The molecule has 0 bridgehead atoms. The molecule has 3 heterocycles. The maximum Gasteiger partial charge on any atom is 0.271 e. The predicted octanol–water partition coefficient (Wildman–Crippen LogP) is 3.38. The molecule has 8 heteroatoms. The Kier molecular flexibility index (Phi) is 9.70. The Labute approximate surface area is 202 Å². The summed E-state index contributed by atoms with van der Waals surface area (Å²) in [7, 11) is 5.58. The summed E-state index contributed by atoms with van der Waals surface area (Å²) >= 11 is 0. The number of amides is 1. The Balaban J connectivity index is 0.000000204. The van der Waals surface area contributed by atoms with Crippen LogP contribution in [0.2, 0.25) is 0 Å². The lowest BCUT2D eigenvalue weighted by Gasteiger charge is -2.25. The van der Waals surface area contributed by atoms with Gasteiger partial charge in [0.1, 0.15) is 5.69 Å². The zero-order valence-electron chi connectivity index (χ0n) is 20.5. The van der Waals surface area contributed by atoms with Crippen LogP contribution < -0.4 is 15.6 Å². The van der Waals surface area contributed by atoms with Crippen LogP contribution in [0.3, 0.4) is 0 Å². The molecule has 0 spiro atoms. The average molecular weight is 468 g/mol. The van der Waals surface area contributed by atoms with Crippen LogP contribution >= 0.6 is 0 Å². The quantitative estimate of drug-likeness (QED) is 0.579. The van der Waals surface area contributed by atoms with Crippen molar-refractivity contribution in [3.8, 4) is 17.0 Å². The molecule has 1 aliphatic heterocycles. The van der Waals surface area contributed by atoms with Crippen LogP contribution in [0.1, 0.15) is 32.1 Å². The molecule has 4 rings (SSSR count). The van der Waals surface area contributed by atoms with Crippen LogP contribution in [0.15, 0.2) is 47.5 Å². The van der Waals surface area contributed by atoms with Crippen LogP contribution in [-0.2, 0) is 4.79 Å². The number of rotatable bonds is 8. The summed E-state index contributed by atoms with van der Waals surface area (Å²) in [4.78, 5) is 34.2. The smallest absolute Gasteiger partial charge is 0.271 e. The van der Waals surface area contributed by atoms with Crippen molar-refractivity contribution in [1.82, 2.24) is 19.8 Å². The Morgan fingerprint density at radius 2 is 2.00 bits per heavy atom. The molecule has 2 aromatic rings. The van der Waals surface area contributed by atoms with Gasteiger partial charge in [-0.2, -0.15) is 0 Å². The van der Waals surface area contributed by atoms with E-state index in [1.165, 1.54) is 19.3 Å². The van der Waals surface area contributed by atoms with Crippen molar-refractivity contribution in [2.75, 3.05) is 52.7 Å². The summed E-state index contributed by atoms with van der Waals surface area (Å²) in [6.45, 7) is 3.57. The number of H-pyrrole nitrogens is 1. The molecule has 2 aromatic heterocycles. The highest BCUT2D eigenvalue weighted by Crippen LogP contribution is 2.29. The number of piperidine rings is 1. The fourth-order valence-electron chi connectivity index (χ4n) is 3.64. The second-order valence-electron chi connectivity index (χ2n) is 9.09. The number of likely N-dealkylation sites (N-methyl/N-ethyl adjacent to an activating group) is 1. The van der Waals surface area contributed by atoms with E-state index >= 15 is 0 Å². The molecule has 1 amide bonds. The van der Waals surface area contributed by atoms with Crippen LogP contribution in [0.5, 0.6) is 5.88 Å². The van der Waals surface area contributed by atoms with E-state index in [1.54, 1.807) is 25.6 Å². The van der Waals surface area contributed by atoms with Gasteiger partial charge in [0.25, 0.3) is 5.56 Å². The van der Waals surface area contributed by atoms with E-state index in [9.17, 15) is 9.59 Å². The van der Waals surface area contributed by atoms with Crippen LogP contribution in [0.25, 0.3) is 11.1 Å². The van der Waals surface area contributed by atoms with Gasteiger partial charge in [-0.05, 0) is 69.8 Å². The Bertz CT molecular complexity index is 1010. The van der Waals surface area contributed by atoms with E-state index in [2.05, 4.69) is 15.3 Å². The number of likely N-dealkylation sites (tertiary alicyclic amines) is 1. The minimum Gasteiger partial charge on any atom is -0.481 e. The molecule has 1 saturated heterocycles. The van der Waals surface area contributed by atoms with E-state index in [-0.39, 0.29) is 11.5 Å². The lowest BCUT2D eigenvalue weighted by atomic mass is 10.1. The van der Waals surface area contributed by atoms with Crippen LogP contribution in [-0.4, -0.2) is 73.1 Å². The first kappa shape index (κ1) is 25.5. The van der Waals surface area contributed by atoms with Gasteiger partial charge in [0.15, 0.2) is 0 Å². The number of aromatic nitrogens is 2. The van der Waals surface area contributed by atoms with Crippen LogP contribution in [0.4, 0.5) is 5.69 Å². The monoisotopic (exact) mass is 467 g/mol. The number of nitrogens with one attached hydrogen (secondary N) is 2. The van der Waals surface area contributed by atoms with Gasteiger partial charge in [0.05, 0.1) is 7.11 Å². The van der Waals surface area contributed by atoms with Gasteiger partial charge in [-0.25, -0.2) is 4.98 Å². The molecule has 2 N–H and O–H groups in total.